The van der Waals surface area contributed by atoms with Crippen molar-refractivity contribution in [3.63, 3.8) is 0 Å². The number of halogens is 4. The molecule has 2 saturated carbocycles. The maximum Gasteiger partial charge on any atom is 0.260 e. The van der Waals surface area contributed by atoms with Crippen LogP contribution < -0.4 is 0 Å². The van der Waals surface area contributed by atoms with Gasteiger partial charge in [-0.15, -0.1) is 0 Å². The van der Waals surface area contributed by atoms with Gasteiger partial charge in [-0.3, -0.25) is 0 Å². The minimum Gasteiger partial charge on any atom is -0.244 e. The fourth-order valence-corrected chi connectivity index (χ4v) is 4.38. The van der Waals surface area contributed by atoms with Crippen molar-refractivity contribution in [1.29, 1.82) is 0 Å². The molecule has 20 heavy (non-hydrogen) atoms. The largest absolute Gasteiger partial charge is 0.260 e. The molecule has 0 aromatic heterocycles. The summed E-state index contributed by atoms with van der Waals surface area (Å²) in [7, 11) is 0. The van der Waals surface area contributed by atoms with Crippen molar-refractivity contribution >= 4 is 0 Å². The first-order chi connectivity index (χ1) is 9.41. The van der Waals surface area contributed by atoms with E-state index in [2.05, 4.69) is 6.92 Å². The number of hydrogen-bond acceptors (Lipinski definition) is 0. The van der Waals surface area contributed by atoms with Crippen LogP contribution >= 0.6 is 0 Å². The topological polar surface area (TPSA) is 0 Å². The number of alkyl halides is 4. The van der Waals surface area contributed by atoms with Crippen LogP contribution in [0.25, 0.3) is 0 Å². The summed E-state index contributed by atoms with van der Waals surface area (Å²) in [5.74, 6) is -5.15. The third kappa shape index (κ3) is 2.19. The molecule has 0 spiro atoms. The minimum atomic E-state index is -3.08. The van der Waals surface area contributed by atoms with Crippen LogP contribution in [-0.4, -0.2) is 18.3 Å². The average molecular weight is 290 g/mol. The van der Waals surface area contributed by atoms with Crippen LogP contribution in [-0.2, 0) is 0 Å². The van der Waals surface area contributed by atoms with E-state index < -0.39 is 30.1 Å². The van der Waals surface area contributed by atoms with E-state index in [-0.39, 0.29) is 12.3 Å². The van der Waals surface area contributed by atoms with Gasteiger partial charge in [-0.05, 0) is 50.4 Å². The van der Waals surface area contributed by atoms with Crippen molar-refractivity contribution in [3.05, 3.63) is 11.6 Å². The van der Waals surface area contributed by atoms with Crippen LogP contribution in [0.15, 0.2) is 11.6 Å². The quantitative estimate of drug-likeness (QED) is 0.466. The van der Waals surface area contributed by atoms with Gasteiger partial charge in [-0.1, -0.05) is 18.6 Å². The lowest BCUT2D eigenvalue weighted by Gasteiger charge is -2.35. The van der Waals surface area contributed by atoms with E-state index in [9.17, 15) is 17.6 Å². The van der Waals surface area contributed by atoms with Crippen LogP contribution in [0.2, 0.25) is 0 Å². The fourth-order valence-electron chi connectivity index (χ4n) is 4.38. The summed E-state index contributed by atoms with van der Waals surface area (Å²) >= 11 is 0. The van der Waals surface area contributed by atoms with E-state index >= 15 is 0 Å². The van der Waals surface area contributed by atoms with E-state index in [1.54, 1.807) is 0 Å². The number of hydrogen-bond donors (Lipinski definition) is 0. The Hall–Kier alpha value is -0.540. The highest BCUT2D eigenvalue weighted by atomic mass is 19.3. The summed E-state index contributed by atoms with van der Waals surface area (Å²) in [5, 5.41) is 0. The molecule has 0 heterocycles. The molecule has 0 radical (unpaired) electrons. The molecule has 0 nitrogen and oxygen atoms in total. The first-order valence-electron chi connectivity index (χ1n) is 7.76. The zero-order chi connectivity index (χ0) is 14.5. The standard InChI is InChI=1S/C16H22F4/c1-9-2-4-10(5-3-9)12-8-11-6-7-13(17)15(18)14(11)16(12,19)20/h4,9,11-15H,2-3,5-8H2,1H3. The number of rotatable bonds is 1. The van der Waals surface area contributed by atoms with Gasteiger partial charge >= 0.3 is 0 Å². The van der Waals surface area contributed by atoms with Gasteiger partial charge in [0, 0.05) is 5.92 Å². The second-order valence-electron chi connectivity index (χ2n) is 6.95. The predicted octanol–water partition coefficient (Wildman–Crippen LogP) is 5.09. The van der Waals surface area contributed by atoms with Crippen LogP contribution in [0.1, 0.15) is 45.4 Å². The van der Waals surface area contributed by atoms with Gasteiger partial charge < -0.3 is 0 Å². The molecule has 0 aliphatic heterocycles. The van der Waals surface area contributed by atoms with Crippen molar-refractivity contribution < 1.29 is 17.6 Å². The minimum absolute atomic E-state index is 0.0984. The molecule has 3 aliphatic carbocycles. The smallest absolute Gasteiger partial charge is 0.244 e. The summed E-state index contributed by atoms with van der Waals surface area (Å²) < 4.78 is 56.6. The highest BCUT2D eigenvalue weighted by molar-refractivity contribution is 5.19. The molecule has 114 valence electrons. The van der Waals surface area contributed by atoms with Gasteiger partial charge in [0.25, 0.3) is 5.92 Å². The Bertz CT molecular complexity index is 403. The third-order valence-corrected chi connectivity index (χ3v) is 5.61. The molecule has 6 atom stereocenters. The molecular formula is C16H22F4. The molecule has 0 amide bonds. The third-order valence-electron chi connectivity index (χ3n) is 5.61. The van der Waals surface area contributed by atoms with Crippen molar-refractivity contribution in [3.8, 4) is 0 Å². The van der Waals surface area contributed by atoms with Crippen LogP contribution in [0.5, 0.6) is 0 Å². The predicted molar refractivity (Wildman–Crippen MR) is 70.2 cm³/mol. The zero-order valence-electron chi connectivity index (χ0n) is 11.8. The lowest BCUT2D eigenvalue weighted by molar-refractivity contribution is -0.120. The highest BCUT2D eigenvalue weighted by Gasteiger charge is 2.63. The maximum atomic E-state index is 14.6. The fraction of sp³-hybridized carbons (Fsp3) is 0.875. The van der Waals surface area contributed by atoms with Gasteiger partial charge in [-0.25, -0.2) is 17.6 Å². The Balaban J connectivity index is 1.84. The molecule has 4 heteroatoms. The first-order valence-corrected chi connectivity index (χ1v) is 7.76. The lowest BCUT2D eigenvalue weighted by atomic mass is 9.78. The Morgan fingerprint density at radius 3 is 2.55 bits per heavy atom. The van der Waals surface area contributed by atoms with Crippen LogP contribution in [0.3, 0.4) is 0 Å². The molecule has 0 bridgehead atoms. The molecule has 0 aromatic rings. The summed E-state index contributed by atoms with van der Waals surface area (Å²) in [6, 6.07) is 0. The maximum absolute atomic E-state index is 14.6. The monoisotopic (exact) mass is 290 g/mol. The van der Waals surface area contributed by atoms with E-state index in [0.717, 1.165) is 18.4 Å². The van der Waals surface area contributed by atoms with Gasteiger partial charge in [0.1, 0.15) is 12.3 Å². The zero-order valence-corrected chi connectivity index (χ0v) is 11.8. The van der Waals surface area contributed by atoms with E-state index in [1.165, 1.54) is 0 Å². The first kappa shape index (κ1) is 14.4. The normalized spacial score (nSPS) is 47.8. The Kier molecular flexibility index (Phi) is 3.62. The van der Waals surface area contributed by atoms with E-state index in [1.807, 2.05) is 6.08 Å². The molecule has 3 rings (SSSR count). The average Bonchev–Trinajstić information content (AvgIpc) is 2.67. The molecule has 3 aliphatic rings. The van der Waals surface area contributed by atoms with E-state index in [0.29, 0.717) is 25.2 Å². The van der Waals surface area contributed by atoms with Gasteiger partial charge in [0.2, 0.25) is 0 Å². The van der Waals surface area contributed by atoms with Crippen LogP contribution in [0, 0.1) is 23.7 Å². The van der Waals surface area contributed by atoms with Gasteiger partial charge in [-0.2, -0.15) is 0 Å². The molecule has 6 unspecified atom stereocenters. The van der Waals surface area contributed by atoms with Crippen LogP contribution in [0.4, 0.5) is 17.6 Å². The molecule has 0 aromatic carbocycles. The molecule has 0 saturated heterocycles. The van der Waals surface area contributed by atoms with Crippen molar-refractivity contribution in [1.82, 2.24) is 0 Å². The number of fused-ring (bicyclic) bond motifs is 1. The Labute approximate surface area is 117 Å². The molecular weight excluding hydrogens is 268 g/mol. The lowest BCUT2D eigenvalue weighted by Crippen LogP contribution is -2.44. The summed E-state index contributed by atoms with van der Waals surface area (Å²) in [4.78, 5) is 0. The van der Waals surface area contributed by atoms with Crippen molar-refractivity contribution in [2.75, 3.05) is 0 Å². The second-order valence-corrected chi connectivity index (χ2v) is 6.95. The van der Waals surface area contributed by atoms with Gasteiger partial charge in [0.05, 0.1) is 5.92 Å². The Morgan fingerprint density at radius 1 is 1.15 bits per heavy atom. The highest BCUT2D eigenvalue weighted by Crippen LogP contribution is 2.58. The van der Waals surface area contributed by atoms with E-state index in [4.69, 9.17) is 0 Å². The van der Waals surface area contributed by atoms with Crippen molar-refractivity contribution in [2.24, 2.45) is 23.7 Å². The van der Waals surface area contributed by atoms with Crippen molar-refractivity contribution in [2.45, 2.75) is 63.7 Å². The number of allylic oxidation sites excluding steroid dienone is 2. The SMILES string of the molecule is CC1CC=C(C2CC3CCC(F)C(F)C3C2(F)F)CC1. The van der Waals surface area contributed by atoms with Gasteiger partial charge in [0.15, 0.2) is 0 Å². The Morgan fingerprint density at radius 2 is 1.90 bits per heavy atom. The molecule has 0 N–H and O–H groups in total. The summed E-state index contributed by atoms with van der Waals surface area (Å²) in [6.45, 7) is 2.12. The second kappa shape index (κ2) is 5.03. The summed E-state index contributed by atoms with van der Waals surface area (Å²) in [6.07, 6.45) is 1.54. The summed E-state index contributed by atoms with van der Waals surface area (Å²) in [5.41, 5.74) is 0.796. The molecule has 2 fully saturated rings.